The second-order valence-corrected chi connectivity index (χ2v) is 6.30. The third kappa shape index (κ3) is 5.60. The molecule has 2 N–H and O–H groups in total. The summed E-state index contributed by atoms with van der Waals surface area (Å²) in [5.41, 5.74) is 2.47. The molecule has 1 aromatic carbocycles. The highest BCUT2D eigenvalue weighted by atomic mass is 32.1. The average molecular weight is 331 g/mol. The highest BCUT2D eigenvalue weighted by molar-refractivity contribution is 7.09. The van der Waals surface area contributed by atoms with Gasteiger partial charge in [-0.25, -0.2) is 4.99 Å². The number of hydrogen-bond acceptors (Lipinski definition) is 3. The summed E-state index contributed by atoms with van der Waals surface area (Å²) in [5.74, 6) is 1.80. The molecule has 1 heterocycles. The van der Waals surface area contributed by atoms with Crippen molar-refractivity contribution in [2.75, 3.05) is 20.2 Å². The SMILES string of the molecule is CCNC(=NCc1cccs1)NCCc1cc(C)ccc1OC. The maximum atomic E-state index is 5.43. The van der Waals surface area contributed by atoms with Crippen LogP contribution in [0.1, 0.15) is 22.9 Å². The second kappa shape index (κ2) is 9.20. The fourth-order valence-electron chi connectivity index (χ4n) is 2.32. The molecule has 0 saturated heterocycles. The highest BCUT2D eigenvalue weighted by Crippen LogP contribution is 2.19. The zero-order valence-corrected chi connectivity index (χ0v) is 14.9. The number of methoxy groups -OCH3 is 1. The van der Waals surface area contributed by atoms with Crippen molar-refractivity contribution in [1.29, 1.82) is 0 Å². The molecule has 1 aromatic heterocycles. The number of benzene rings is 1. The lowest BCUT2D eigenvalue weighted by Crippen LogP contribution is -2.38. The number of nitrogens with one attached hydrogen (secondary N) is 2. The molecule has 0 spiro atoms. The Morgan fingerprint density at radius 2 is 2.13 bits per heavy atom. The maximum absolute atomic E-state index is 5.43. The van der Waals surface area contributed by atoms with Gasteiger partial charge in [-0.3, -0.25) is 0 Å². The van der Waals surface area contributed by atoms with E-state index in [4.69, 9.17) is 4.74 Å². The first-order valence-electron chi connectivity index (χ1n) is 7.91. The van der Waals surface area contributed by atoms with Crippen molar-refractivity contribution < 1.29 is 4.74 Å². The average Bonchev–Trinajstić information content (AvgIpc) is 3.06. The van der Waals surface area contributed by atoms with Crippen molar-refractivity contribution in [3.63, 3.8) is 0 Å². The van der Waals surface area contributed by atoms with Crippen molar-refractivity contribution in [2.24, 2.45) is 4.99 Å². The molecule has 0 unspecified atom stereocenters. The minimum absolute atomic E-state index is 0.709. The standard InChI is InChI=1S/C18H25N3OS/c1-4-19-18(21-13-16-6-5-11-23-16)20-10-9-15-12-14(2)7-8-17(15)22-3/h5-8,11-12H,4,9-10,13H2,1-3H3,(H2,19,20,21). The predicted octanol–water partition coefficient (Wildman–Crippen LogP) is 3.36. The first kappa shape index (κ1) is 17.3. The van der Waals surface area contributed by atoms with Crippen LogP contribution in [0.15, 0.2) is 40.7 Å². The van der Waals surface area contributed by atoms with Gasteiger partial charge in [0, 0.05) is 18.0 Å². The number of nitrogens with zero attached hydrogens (tertiary/aromatic N) is 1. The van der Waals surface area contributed by atoms with E-state index in [1.165, 1.54) is 16.0 Å². The van der Waals surface area contributed by atoms with E-state index in [0.29, 0.717) is 6.54 Å². The molecule has 0 bridgehead atoms. The molecule has 124 valence electrons. The summed E-state index contributed by atoms with van der Waals surface area (Å²) in [6.45, 7) is 6.55. The summed E-state index contributed by atoms with van der Waals surface area (Å²) < 4.78 is 5.43. The Hall–Kier alpha value is -2.01. The van der Waals surface area contributed by atoms with Gasteiger partial charge in [0.1, 0.15) is 5.75 Å². The Kier molecular flexibility index (Phi) is 6.94. The lowest BCUT2D eigenvalue weighted by atomic mass is 10.1. The normalized spacial score (nSPS) is 11.3. The van der Waals surface area contributed by atoms with E-state index >= 15 is 0 Å². The number of thiophene rings is 1. The van der Waals surface area contributed by atoms with E-state index in [9.17, 15) is 0 Å². The molecule has 4 nitrogen and oxygen atoms in total. The van der Waals surface area contributed by atoms with Crippen LogP contribution >= 0.6 is 11.3 Å². The first-order chi connectivity index (χ1) is 11.2. The predicted molar refractivity (Wildman–Crippen MR) is 98.6 cm³/mol. The third-order valence-corrected chi connectivity index (χ3v) is 4.30. The molecular formula is C18H25N3OS. The van der Waals surface area contributed by atoms with E-state index < -0.39 is 0 Å². The van der Waals surface area contributed by atoms with Gasteiger partial charge in [-0.2, -0.15) is 0 Å². The van der Waals surface area contributed by atoms with Gasteiger partial charge in [-0.1, -0.05) is 23.8 Å². The second-order valence-electron chi connectivity index (χ2n) is 5.27. The van der Waals surface area contributed by atoms with Gasteiger partial charge in [0.05, 0.1) is 13.7 Å². The summed E-state index contributed by atoms with van der Waals surface area (Å²) in [7, 11) is 1.72. The quantitative estimate of drug-likeness (QED) is 0.604. The molecule has 0 radical (unpaired) electrons. The molecule has 0 fully saturated rings. The molecule has 0 amide bonds. The van der Waals surface area contributed by atoms with Gasteiger partial charge < -0.3 is 15.4 Å². The van der Waals surface area contributed by atoms with Gasteiger partial charge in [-0.15, -0.1) is 11.3 Å². The minimum Gasteiger partial charge on any atom is -0.496 e. The van der Waals surface area contributed by atoms with Crippen LogP contribution in [-0.2, 0) is 13.0 Å². The van der Waals surface area contributed by atoms with Crippen LogP contribution in [0.2, 0.25) is 0 Å². The molecule has 0 aliphatic carbocycles. The minimum atomic E-state index is 0.709. The molecule has 2 rings (SSSR count). The topological polar surface area (TPSA) is 45.7 Å². The number of aryl methyl sites for hydroxylation is 1. The van der Waals surface area contributed by atoms with Crippen LogP contribution in [0, 0.1) is 6.92 Å². The van der Waals surface area contributed by atoms with Crippen molar-refractivity contribution in [3.05, 3.63) is 51.7 Å². The Bertz CT molecular complexity index is 623. The van der Waals surface area contributed by atoms with Crippen LogP contribution in [0.3, 0.4) is 0 Å². The smallest absolute Gasteiger partial charge is 0.191 e. The maximum Gasteiger partial charge on any atom is 0.191 e. The molecule has 0 atom stereocenters. The number of hydrogen-bond donors (Lipinski definition) is 2. The van der Waals surface area contributed by atoms with Crippen LogP contribution < -0.4 is 15.4 Å². The number of aliphatic imine (C=N–C) groups is 1. The molecular weight excluding hydrogens is 306 g/mol. The van der Waals surface area contributed by atoms with Crippen molar-refractivity contribution in [1.82, 2.24) is 10.6 Å². The molecule has 5 heteroatoms. The Labute approximate surface area is 142 Å². The Morgan fingerprint density at radius 3 is 2.83 bits per heavy atom. The number of guanidine groups is 1. The fraction of sp³-hybridized carbons (Fsp3) is 0.389. The van der Waals surface area contributed by atoms with Gasteiger partial charge in [-0.05, 0) is 43.3 Å². The molecule has 0 saturated carbocycles. The van der Waals surface area contributed by atoms with Crippen molar-refractivity contribution in [2.45, 2.75) is 26.8 Å². The van der Waals surface area contributed by atoms with E-state index in [0.717, 1.165) is 31.2 Å². The fourth-order valence-corrected chi connectivity index (χ4v) is 2.95. The zero-order chi connectivity index (χ0) is 16.5. The van der Waals surface area contributed by atoms with E-state index in [1.54, 1.807) is 18.4 Å². The molecule has 2 aromatic rings. The number of ether oxygens (including phenoxy) is 1. The summed E-state index contributed by atoms with van der Waals surface area (Å²) in [6.07, 6.45) is 0.897. The summed E-state index contributed by atoms with van der Waals surface area (Å²) in [4.78, 5) is 5.89. The lowest BCUT2D eigenvalue weighted by molar-refractivity contribution is 0.409. The Balaban J connectivity index is 1.91. The molecule has 0 aliphatic heterocycles. The van der Waals surface area contributed by atoms with E-state index in [1.807, 2.05) is 6.07 Å². The van der Waals surface area contributed by atoms with Crippen molar-refractivity contribution >= 4 is 17.3 Å². The van der Waals surface area contributed by atoms with Crippen LogP contribution in [0.5, 0.6) is 5.75 Å². The molecule has 23 heavy (non-hydrogen) atoms. The summed E-state index contributed by atoms with van der Waals surface area (Å²) >= 11 is 1.73. The van der Waals surface area contributed by atoms with Crippen molar-refractivity contribution in [3.8, 4) is 5.75 Å². The van der Waals surface area contributed by atoms with Crippen LogP contribution in [0.25, 0.3) is 0 Å². The van der Waals surface area contributed by atoms with E-state index in [2.05, 4.69) is 59.1 Å². The van der Waals surface area contributed by atoms with Gasteiger partial charge in [0.25, 0.3) is 0 Å². The first-order valence-corrected chi connectivity index (χ1v) is 8.79. The Morgan fingerprint density at radius 1 is 1.26 bits per heavy atom. The molecule has 0 aliphatic rings. The highest BCUT2D eigenvalue weighted by Gasteiger charge is 2.04. The summed E-state index contributed by atoms with van der Waals surface area (Å²) in [6, 6.07) is 10.4. The zero-order valence-electron chi connectivity index (χ0n) is 14.1. The summed E-state index contributed by atoms with van der Waals surface area (Å²) in [5, 5.41) is 8.75. The van der Waals surface area contributed by atoms with Gasteiger partial charge >= 0.3 is 0 Å². The third-order valence-electron chi connectivity index (χ3n) is 3.44. The van der Waals surface area contributed by atoms with Gasteiger partial charge in [0.15, 0.2) is 5.96 Å². The number of rotatable bonds is 7. The van der Waals surface area contributed by atoms with Gasteiger partial charge in [0.2, 0.25) is 0 Å². The van der Waals surface area contributed by atoms with Crippen LogP contribution in [0.4, 0.5) is 0 Å². The van der Waals surface area contributed by atoms with Crippen LogP contribution in [-0.4, -0.2) is 26.2 Å². The largest absolute Gasteiger partial charge is 0.496 e. The monoisotopic (exact) mass is 331 g/mol. The lowest BCUT2D eigenvalue weighted by Gasteiger charge is -2.13. The van der Waals surface area contributed by atoms with E-state index in [-0.39, 0.29) is 0 Å².